The second-order valence-corrected chi connectivity index (χ2v) is 5.53. The molecule has 0 aromatic heterocycles. The summed E-state index contributed by atoms with van der Waals surface area (Å²) in [7, 11) is 1.90. The van der Waals surface area contributed by atoms with Crippen molar-refractivity contribution in [3.8, 4) is 0 Å². The Labute approximate surface area is 102 Å². The first-order valence-electron chi connectivity index (χ1n) is 5.46. The molecule has 1 nitrogen and oxygen atoms in total. The fourth-order valence-electron chi connectivity index (χ4n) is 1.77. The van der Waals surface area contributed by atoms with Crippen LogP contribution in [0.5, 0.6) is 0 Å². The standard InChI is InChI=1S/C13H19ClFN/c1-13(2,3)11(16-4)8-9-6-5-7-10(14)12(9)15/h5-7,11,16H,8H2,1-4H3. The predicted octanol–water partition coefficient (Wildman–Crippen LogP) is 3.66. The average molecular weight is 244 g/mol. The van der Waals surface area contributed by atoms with Gasteiger partial charge < -0.3 is 5.32 Å². The molecule has 0 aliphatic heterocycles. The zero-order valence-corrected chi connectivity index (χ0v) is 11.0. The van der Waals surface area contributed by atoms with Crippen LogP contribution in [0.3, 0.4) is 0 Å². The summed E-state index contributed by atoms with van der Waals surface area (Å²) in [6.07, 6.45) is 0.645. The molecule has 1 unspecified atom stereocenters. The van der Waals surface area contributed by atoms with Gasteiger partial charge in [0.25, 0.3) is 0 Å². The third kappa shape index (κ3) is 3.19. The van der Waals surface area contributed by atoms with Gasteiger partial charge >= 0.3 is 0 Å². The highest BCUT2D eigenvalue weighted by Crippen LogP contribution is 2.25. The van der Waals surface area contributed by atoms with Gasteiger partial charge in [0.15, 0.2) is 0 Å². The summed E-state index contributed by atoms with van der Waals surface area (Å²) in [5.74, 6) is -0.298. The fourth-order valence-corrected chi connectivity index (χ4v) is 1.96. The number of halogens is 2. The van der Waals surface area contributed by atoms with Crippen LogP contribution >= 0.6 is 11.6 Å². The van der Waals surface area contributed by atoms with Gasteiger partial charge in [-0.2, -0.15) is 0 Å². The summed E-state index contributed by atoms with van der Waals surface area (Å²) in [5.41, 5.74) is 0.755. The number of rotatable bonds is 3. The predicted molar refractivity (Wildman–Crippen MR) is 67.4 cm³/mol. The SMILES string of the molecule is CNC(Cc1cccc(Cl)c1F)C(C)(C)C. The van der Waals surface area contributed by atoms with E-state index in [0.29, 0.717) is 12.0 Å². The Kier molecular flexibility index (Phi) is 4.34. The Bertz CT molecular complexity index is 357. The van der Waals surface area contributed by atoms with Crippen LogP contribution in [-0.4, -0.2) is 13.1 Å². The van der Waals surface area contributed by atoms with Gasteiger partial charge in [0.1, 0.15) is 5.82 Å². The van der Waals surface area contributed by atoms with E-state index in [-0.39, 0.29) is 22.3 Å². The molecule has 1 N–H and O–H groups in total. The normalized spacial score (nSPS) is 13.9. The lowest BCUT2D eigenvalue weighted by molar-refractivity contribution is 0.278. The summed E-state index contributed by atoms with van der Waals surface area (Å²) in [5, 5.41) is 3.42. The minimum Gasteiger partial charge on any atom is -0.316 e. The Balaban J connectivity index is 2.91. The lowest BCUT2D eigenvalue weighted by Crippen LogP contribution is -2.40. The van der Waals surface area contributed by atoms with E-state index in [2.05, 4.69) is 26.1 Å². The topological polar surface area (TPSA) is 12.0 Å². The largest absolute Gasteiger partial charge is 0.316 e. The Morgan fingerprint density at radius 2 is 2.00 bits per heavy atom. The van der Waals surface area contributed by atoms with Crippen molar-refractivity contribution < 1.29 is 4.39 Å². The van der Waals surface area contributed by atoms with Crippen molar-refractivity contribution in [2.24, 2.45) is 5.41 Å². The molecule has 90 valence electrons. The maximum atomic E-state index is 13.7. The molecule has 1 aromatic rings. The van der Waals surface area contributed by atoms with Gasteiger partial charge in [-0.25, -0.2) is 4.39 Å². The zero-order valence-electron chi connectivity index (χ0n) is 10.3. The molecule has 0 spiro atoms. The first kappa shape index (κ1) is 13.5. The molecule has 16 heavy (non-hydrogen) atoms. The molecule has 1 rings (SSSR count). The van der Waals surface area contributed by atoms with Crippen molar-refractivity contribution in [1.29, 1.82) is 0 Å². The fraction of sp³-hybridized carbons (Fsp3) is 0.538. The van der Waals surface area contributed by atoms with Gasteiger partial charge in [-0.15, -0.1) is 0 Å². The second-order valence-electron chi connectivity index (χ2n) is 5.12. The first-order valence-corrected chi connectivity index (χ1v) is 5.84. The number of benzene rings is 1. The number of nitrogens with one attached hydrogen (secondary N) is 1. The van der Waals surface area contributed by atoms with Gasteiger partial charge in [-0.05, 0) is 30.5 Å². The van der Waals surface area contributed by atoms with Gasteiger partial charge in [-0.3, -0.25) is 0 Å². The van der Waals surface area contributed by atoms with Gasteiger partial charge in [-0.1, -0.05) is 44.5 Å². The molecule has 0 saturated heterocycles. The molecule has 0 bridgehead atoms. The lowest BCUT2D eigenvalue weighted by atomic mass is 9.83. The maximum absolute atomic E-state index is 13.7. The highest BCUT2D eigenvalue weighted by molar-refractivity contribution is 6.30. The van der Waals surface area contributed by atoms with E-state index in [1.807, 2.05) is 7.05 Å². The van der Waals surface area contributed by atoms with E-state index in [1.165, 1.54) is 0 Å². The van der Waals surface area contributed by atoms with Crippen molar-refractivity contribution in [3.63, 3.8) is 0 Å². The Morgan fingerprint density at radius 3 is 2.50 bits per heavy atom. The van der Waals surface area contributed by atoms with Crippen LogP contribution in [-0.2, 0) is 6.42 Å². The van der Waals surface area contributed by atoms with E-state index >= 15 is 0 Å². The molecule has 3 heteroatoms. The van der Waals surface area contributed by atoms with Crippen LogP contribution in [0.15, 0.2) is 18.2 Å². The van der Waals surface area contributed by atoms with E-state index in [9.17, 15) is 4.39 Å². The van der Waals surface area contributed by atoms with Gasteiger partial charge in [0.05, 0.1) is 5.02 Å². The quantitative estimate of drug-likeness (QED) is 0.855. The molecular formula is C13H19ClFN. The van der Waals surface area contributed by atoms with Gasteiger partial charge in [0.2, 0.25) is 0 Å². The Morgan fingerprint density at radius 1 is 1.38 bits per heavy atom. The smallest absolute Gasteiger partial charge is 0.145 e. The molecule has 0 aliphatic rings. The monoisotopic (exact) mass is 243 g/mol. The van der Waals surface area contributed by atoms with Crippen molar-refractivity contribution in [2.45, 2.75) is 33.2 Å². The molecule has 0 fully saturated rings. The molecule has 0 heterocycles. The van der Waals surface area contributed by atoms with Crippen LogP contribution in [0.1, 0.15) is 26.3 Å². The van der Waals surface area contributed by atoms with E-state index in [4.69, 9.17) is 11.6 Å². The van der Waals surface area contributed by atoms with Crippen LogP contribution in [0.4, 0.5) is 4.39 Å². The first-order chi connectivity index (χ1) is 7.36. The van der Waals surface area contributed by atoms with E-state index in [0.717, 1.165) is 0 Å². The van der Waals surface area contributed by atoms with Crippen molar-refractivity contribution in [1.82, 2.24) is 5.32 Å². The molecule has 1 atom stereocenters. The lowest BCUT2D eigenvalue weighted by Gasteiger charge is -2.30. The van der Waals surface area contributed by atoms with Crippen molar-refractivity contribution in [2.75, 3.05) is 7.05 Å². The van der Waals surface area contributed by atoms with Crippen LogP contribution in [0.2, 0.25) is 5.02 Å². The Hall–Kier alpha value is -0.600. The van der Waals surface area contributed by atoms with Crippen molar-refractivity contribution in [3.05, 3.63) is 34.6 Å². The summed E-state index contributed by atoms with van der Waals surface area (Å²) >= 11 is 5.76. The molecule has 0 amide bonds. The molecule has 0 saturated carbocycles. The summed E-state index contributed by atoms with van der Waals surface area (Å²) in [6, 6.07) is 5.37. The third-order valence-electron chi connectivity index (χ3n) is 2.85. The van der Waals surface area contributed by atoms with Crippen LogP contribution in [0, 0.1) is 11.2 Å². The minimum absolute atomic E-state index is 0.0868. The van der Waals surface area contributed by atoms with Crippen molar-refractivity contribution >= 4 is 11.6 Å². The number of hydrogen-bond donors (Lipinski definition) is 1. The van der Waals surface area contributed by atoms with Crippen LogP contribution < -0.4 is 5.32 Å². The van der Waals surface area contributed by atoms with E-state index < -0.39 is 0 Å². The molecule has 0 aliphatic carbocycles. The number of hydrogen-bond acceptors (Lipinski definition) is 1. The number of likely N-dealkylation sites (N-methyl/N-ethyl adjacent to an activating group) is 1. The average Bonchev–Trinajstić information content (AvgIpc) is 2.18. The van der Waals surface area contributed by atoms with E-state index in [1.54, 1.807) is 18.2 Å². The highest BCUT2D eigenvalue weighted by atomic mass is 35.5. The molecule has 0 radical (unpaired) electrons. The third-order valence-corrected chi connectivity index (χ3v) is 3.14. The zero-order chi connectivity index (χ0) is 12.3. The molecular weight excluding hydrogens is 225 g/mol. The second kappa shape index (κ2) is 5.15. The van der Waals surface area contributed by atoms with Gasteiger partial charge in [0, 0.05) is 6.04 Å². The maximum Gasteiger partial charge on any atom is 0.145 e. The summed E-state index contributed by atoms with van der Waals surface area (Å²) < 4.78 is 13.7. The summed E-state index contributed by atoms with van der Waals surface area (Å²) in [4.78, 5) is 0. The summed E-state index contributed by atoms with van der Waals surface area (Å²) in [6.45, 7) is 6.41. The van der Waals surface area contributed by atoms with Crippen LogP contribution in [0.25, 0.3) is 0 Å². The highest BCUT2D eigenvalue weighted by Gasteiger charge is 2.24. The minimum atomic E-state index is -0.298. The molecule has 1 aromatic carbocycles.